The van der Waals surface area contributed by atoms with Gasteiger partial charge in [0.25, 0.3) is 0 Å². The van der Waals surface area contributed by atoms with Gasteiger partial charge < -0.3 is 19.5 Å². The Labute approximate surface area is 133 Å². The molecule has 0 radical (unpaired) electrons. The van der Waals surface area contributed by atoms with Gasteiger partial charge in [0.1, 0.15) is 5.60 Å². The third-order valence-electron chi connectivity index (χ3n) is 4.48. The number of ether oxygens (including phenoxy) is 3. The molecule has 2 saturated heterocycles. The van der Waals surface area contributed by atoms with Gasteiger partial charge in [-0.1, -0.05) is 0 Å². The zero-order chi connectivity index (χ0) is 16.1. The molecule has 1 aromatic carbocycles. The van der Waals surface area contributed by atoms with Crippen LogP contribution in [0, 0.1) is 0 Å². The van der Waals surface area contributed by atoms with Crippen LogP contribution in [0.1, 0.15) is 12.8 Å². The first-order valence-electron chi connectivity index (χ1n) is 7.35. The van der Waals surface area contributed by atoms with Crippen LogP contribution in [-0.4, -0.2) is 50.8 Å². The standard InChI is InChI=1S/C14H16N2O6S/c17-13-15-8-14(22-13)3-5-16(6-4-14)23(18,19)10-1-2-11-12(7-10)21-9-20-11/h1-2,7H,3-6,8-9H2,(H,15,17). The highest BCUT2D eigenvalue weighted by molar-refractivity contribution is 7.89. The maximum Gasteiger partial charge on any atom is 0.407 e. The number of carbonyl (C=O) groups excluding carboxylic acids is 1. The van der Waals surface area contributed by atoms with E-state index in [-0.39, 0.29) is 11.7 Å². The predicted molar refractivity (Wildman–Crippen MR) is 77.8 cm³/mol. The Kier molecular flexibility index (Phi) is 3.17. The molecular weight excluding hydrogens is 324 g/mol. The molecule has 3 heterocycles. The molecule has 0 aromatic heterocycles. The van der Waals surface area contributed by atoms with Crippen LogP contribution in [0.3, 0.4) is 0 Å². The summed E-state index contributed by atoms with van der Waals surface area (Å²) in [5.41, 5.74) is -0.571. The van der Waals surface area contributed by atoms with Crippen molar-refractivity contribution in [3.8, 4) is 11.5 Å². The van der Waals surface area contributed by atoms with E-state index in [9.17, 15) is 13.2 Å². The zero-order valence-electron chi connectivity index (χ0n) is 12.3. The van der Waals surface area contributed by atoms with Gasteiger partial charge in [-0.15, -0.1) is 0 Å². The van der Waals surface area contributed by atoms with Crippen molar-refractivity contribution in [2.75, 3.05) is 26.4 Å². The van der Waals surface area contributed by atoms with Crippen molar-refractivity contribution in [3.63, 3.8) is 0 Å². The summed E-state index contributed by atoms with van der Waals surface area (Å²) >= 11 is 0. The number of fused-ring (bicyclic) bond motifs is 1. The number of rotatable bonds is 2. The number of amides is 1. The molecule has 23 heavy (non-hydrogen) atoms. The first kappa shape index (κ1) is 14.6. The third kappa shape index (κ3) is 2.40. The van der Waals surface area contributed by atoms with Crippen molar-refractivity contribution in [2.24, 2.45) is 0 Å². The molecule has 0 saturated carbocycles. The number of alkyl carbamates (subject to hydrolysis) is 1. The monoisotopic (exact) mass is 340 g/mol. The average Bonchev–Trinajstić information content (AvgIpc) is 3.14. The lowest BCUT2D eigenvalue weighted by molar-refractivity contribution is 0.0173. The molecule has 0 unspecified atom stereocenters. The summed E-state index contributed by atoms with van der Waals surface area (Å²) < 4.78 is 42.7. The van der Waals surface area contributed by atoms with Crippen molar-refractivity contribution >= 4 is 16.1 Å². The highest BCUT2D eigenvalue weighted by Crippen LogP contribution is 2.36. The van der Waals surface area contributed by atoms with E-state index < -0.39 is 21.7 Å². The SMILES string of the molecule is O=C1NCC2(CCN(S(=O)(=O)c3ccc4c(c3)OCO4)CC2)O1. The van der Waals surface area contributed by atoms with Crippen LogP contribution in [0.25, 0.3) is 0 Å². The Bertz CT molecular complexity index is 755. The van der Waals surface area contributed by atoms with Gasteiger partial charge >= 0.3 is 6.09 Å². The zero-order valence-corrected chi connectivity index (χ0v) is 13.1. The molecule has 1 N–H and O–H groups in total. The number of sulfonamides is 1. The van der Waals surface area contributed by atoms with Crippen LogP contribution in [0.2, 0.25) is 0 Å². The molecule has 8 nitrogen and oxygen atoms in total. The first-order chi connectivity index (χ1) is 11.0. The van der Waals surface area contributed by atoms with Gasteiger partial charge in [0.15, 0.2) is 11.5 Å². The summed E-state index contributed by atoms with van der Waals surface area (Å²) in [4.78, 5) is 11.4. The lowest BCUT2D eigenvalue weighted by Gasteiger charge is -2.36. The molecule has 1 aromatic rings. The quantitative estimate of drug-likeness (QED) is 0.851. The summed E-state index contributed by atoms with van der Waals surface area (Å²) in [6.07, 6.45) is 0.530. The van der Waals surface area contributed by atoms with E-state index in [1.54, 1.807) is 6.07 Å². The highest BCUT2D eigenvalue weighted by atomic mass is 32.2. The average molecular weight is 340 g/mol. The van der Waals surface area contributed by atoms with Crippen LogP contribution in [0.5, 0.6) is 11.5 Å². The smallest absolute Gasteiger partial charge is 0.407 e. The molecule has 4 rings (SSSR count). The second-order valence-corrected chi connectivity index (χ2v) is 7.78. The largest absolute Gasteiger partial charge is 0.454 e. The summed E-state index contributed by atoms with van der Waals surface area (Å²) in [7, 11) is -3.61. The van der Waals surface area contributed by atoms with E-state index in [2.05, 4.69) is 5.32 Å². The van der Waals surface area contributed by atoms with E-state index in [1.807, 2.05) is 0 Å². The predicted octanol–water partition coefficient (Wildman–Crippen LogP) is 0.678. The second kappa shape index (κ2) is 5.00. The molecule has 3 aliphatic rings. The van der Waals surface area contributed by atoms with Gasteiger partial charge in [-0.2, -0.15) is 4.31 Å². The Balaban J connectivity index is 1.53. The van der Waals surface area contributed by atoms with Crippen molar-refractivity contribution in [1.29, 1.82) is 0 Å². The third-order valence-corrected chi connectivity index (χ3v) is 6.37. The van der Waals surface area contributed by atoms with Gasteiger partial charge in [0.05, 0.1) is 11.4 Å². The lowest BCUT2D eigenvalue weighted by Crippen LogP contribution is -2.48. The Morgan fingerprint density at radius 2 is 1.87 bits per heavy atom. The van der Waals surface area contributed by atoms with Crippen molar-refractivity contribution in [1.82, 2.24) is 9.62 Å². The molecule has 2 fully saturated rings. The van der Waals surface area contributed by atoms with Crippen LogP contribution < -0.4 is 14.8 Å². The first-order valence-corrected chi connectivity index (χ1v) is 8.79. The van der Waals surface area contributed by atoms with Gasteiger partial charge in [0, 0.05) is 32.0 Å². The minimum absolute atomic E-state index is 0.101. The summed E-state index contributed by atoms with van der Waals surface area (Å²) in [6.45, 7) is 1.16. The van der Waals surface area contributed by atoms with Crippen LogP contribution >= 0.6 is 0 Å². The van der Waals surface area contributed by atoms with Gasteiger partial charge in [-0.3, -0.25) is 0 Å². The topological polar surface area (TPSA) is 94.2 Å². The molecule has 3 aliphatic heterocycles. The number of piperidine rings is 1. The fourth-order valence-electron chi connectivity index (χ4n) is 3.10. The van der Waals surface area contributed by atoms with Crippen LogP contribution in [0.15, 0.2) is 23.1 Å². The lowest BCUT2D eigenvalue weighted by atomic mass is 9.93. The molecule has 1 amide bonds. The van der Waals surface area contributed by atoms with Crippen molar-refractivity contribution in [3.05, 3.63) is 18.2 Å². The number of nitrogens with zero attached hydrogens (tertiary/aromatic N) is 1. The van der Waals surface area contributed by atoms with Crippen molar-refractivity contribution in [2.45, 2.75) is 23.3 Å². The fourth-order valence-corrected chi connectivity index (χ4v) is 4.56. The van der Waals surface area contributed by atoms with Crippen molar-refractivity contribution < 1.29 is 27.4 Å². The van der Waals surface area contributed by atoms with Gasteiger partial charge in [0.2, 0.25) is 16.8 Å². The van der Waals surface area contributed by atoms with Crippen LogP contribution in [0.4, 0.5) is 4.79 Å². The Morgan fingerprint density at radius 1 is 1.13 bits per heavy atom. The number of benzene rings is 1. The molecule has 0 aliphatic carbocycles. The number of hydrogen-bond donors (Lipinski definition) is 1. The van der Waals surface area contributed by atoms with E-state index in [4.69, 9.17) is 14.2 Å². The van der Waals surface area contributed by atoms with E-state index >= 15 is 0 Å². The van der Waals surface area contributed by atoms with Crippen LogP contribution in [-0.2, 0) is 14.8 Å². The maximum absolute atomic E-state index is 12.8. The Hall–Kier alpha value is -2.00. The molecule has 1 spiro atoms. The molecular formula is C14H16N2O6S. The number of nitrogens with one attached hydrogen (secondary N) is 1. The molecule has 124 valence electrons. The Morgan fingerprint density at radius 3 is 2.57 bits per heavy atom. The summed E-state index contributed by atoms with van der Waals surface area (Å²) in [6, 6.07) is 4.60. The highest BCUT2D eigenvalue weighted by Gasteiger charge is 2.45. The van der Waals surface area contributed by atoms with Gasteiger partial charge in [-0.25, -0.2) is 13.2 Å². The van der Waals surface area contributed by atoms with Gasteiger partial charge in [-0.05, 0) is 12.1 Å². The van der Waals surface area contributed by atoms with E-state index in [1.165, 1.54) is 16.4 Å². The second-order valence-electron chi connectivity index (χ2n) is 5.85. The minimum atomic E-state index is -3.61. The molecule has 9 heteroatoms. The maximum atomic E-state index is 12.8. The van der Waals surface area contributed by atoms with E-state index in [0.717, 1.165) is 0 Å². The van der Waals surface area contributed by atoms with E-state index in [0.29, 0.717) is 44.0 Å². The molecule has 0 atom stereocenters. The molecule has 0 bridgehead atoms. The number of hydrogen-bond acceptors (Lipinski definition) is 6. The fraction of sp³-hybridized carbons (Fsp3) is 0.500. The number of carbonyl (C=O) groups is 1. The normalized spacial score (nSPS) is 22.9. The summed E-state index contributed by atoms with van der Waals surface area (Å²) in [5, 5.41) is 2.63. The minimum Gasteiger partial charge on any atom is -0.454 e. The summed E-state index contributed by atoms with van der Waals surface area (Å²) in [5.74, 6) is 0.985.